The quantitative estimate of drug-likeness (QED) is 0.765. The van der Waals surface area contributed by atoms with Crippen molar-refractivity contribution in [1.82, 2.24) is 0 Å². The maximum Gasteiger partial charge on any atom is 0.338 e. The van der Waals surface area contributed by atoms with E-state index >= 15 is 0 Å². The number of benzene rings is 2. The van der Waals surface area contributed by atoms with Crippen LogP contribution >= 0.6 is 0 Å². The van der Waals surface area contributed by atoms with Crippen molar-refractivity contribution in [3.63, 3.8) is 0 Å². The molecule has 27 heavy (non-hydrogen) atoms. The Hall–Kier alpha value is -3.22. The number of rotatable bonds is 6. The second-order valence-corrected chi connectivity index (χ2v) is 6.20. The SMILES string of the molecule is CCOC(=O)c1ccc(NC(=O)C2CC2C(=O)Nc2ccccc2F)cc1. The summed E-state index contributed by atoms with van der Waals surface area (Å²) in [5.41, 5.74) is 1.01. The smallest absolute Gasteiger partial charge is 0.338 e. The number of hydrogen-bond acceptors (Lipinski definition) is 4. The molecule has 0 aromatic heterocycles. The summed E-state index contributed by atoms with van der Waals surface area (Å²) >= 11 is 0. The van der Waals surface area contributed by atoms with Crippen LogP contribution in [-0.2, 0) is 14.3 Å². The number of carbonyl (C=O) groups is 3. The van der Waals surface area contributed by atoms with Gasteiger partial charge in [-0.15, -0.1) is 0 Å². The number of esters is 1. The second-order valence-electron chi connectivity index (χ2n) is 6.20. The van der Waals surface area contributed by atoms with Crippen LogP contribution in [0.25, 0.3) is 0 Å². The largest absolute Gasteiger partial charge is 0.462 e. The monoisotopic (exact) mass is 370 g/mol. The summed E-state index contributed by atoms with van der Waals surface area (Å²) in [4.78, 5) is 36.0. The van der Waals surface area contributed by atoms with Crippen molar-refractivity contribution in [2.45, 2.75) is 13.3 Å². The molecule has 7 heteroatoms. The zero-order chi connectivity index (χ0) is 19.4. The molecule has 3 rings (SSSR count). The molecular weight excluding hydrogens is 351 g/mol. The van der Waals surface area contributed by atoms with Gasteiger partial charge in [0.1, 0.15) is 5.82 Å². The highest BCUT2D eigenvalue weighted by Crippen LogP contribution is 2.40. The second kappa shape index (κ2) is 7.99. The summed E-state index contributed by atoms with van der Waals surface area (Å²) in [6, 6.07) is 12.2. The molecule has 1 fully saturated rings. The molecule has 2 unspecified atom stereocenters. The van der Waals surface area contributed by atoms with Crippen LogP contribution in [0.2, 0.25) is 0 Å². The summed E-state index contributed by atoms with van der Waals surface area (Å²) in [5, 5.41) is 5.22. The van der Waals surface area contributed by atoms with Crippen LogP contribution in [0, 0.1) is 17.7 Å². The summed E-state index contributed by atoms with van der Waals surface area (Å²) < 4.78 is 18.5. The van der Waals surface area contributed by atoms with E-state index in [1.807, 2.05) is 0 Å². The van der Waals surface area contributed by atoms with Gasteiger partial charge in [-0.05, 0) is 49.7 Å². The molecule has 1 saturated carbocycles. The first kappa shape index (κ1) is 18.6. The van der Waals surface area contributed by atoms with Crippen LogP contribution in [0.4, 0.5) is 15.8 Å². The van der Waals surface area contributed by atoms with E-state index in [9.17, 15) is 18.8 Å². The van der Waals surface area contributed by atoms with Gasteiger partial charge in [0.15, 0.2) is 0 Å². The van der Waals surface area contributed by atoms with Gasteiger partial charge in [-0.1, -0.05) is 12.1 Å². The number of nitrogens with one attached hydrogen (secondary N) is 2. The highest BCUT2D eigenvalue weighted by molar-refractivity contribution is 6.03. The lowest BCUT2D eigenvalue weighted by molar-refractivity contribution is -0.122. The van der Waals surface area contributed by atoms with Gasteiger partial charge in [0.2, 0.25) is 11.8 Å². The van der Waals surface area contributed by atoms with Gasteiger partial charge < -0.3 is 15.4 Å². The lowest BCUT2D eigenvalue weighted by Gasteiger charge is -2.07. The fourth-order valence-corrected chi connectivity index (χ4v) is 2.70. The van der Waals surface area contributed by atoms with Crippen LogP contribution in [0.1, 0.15) is 23.7 Å². The molecule has 0 heterocycles. The molecule has 2 amide bonds. The molecule has 2 atom stereocenters. The van der Waals surface area contributed by atoms with Gasteiger partial charge in [0, 0.05) is 5.69 Å². The summed E-state index contributed by atoms with van der Waals surface area (Å²) in [6.45, 7) is 2.01. The number of halogens is 1. The molecule has 2 aromatic rings. The molecule has 0 bridgehead atoms. The maximum atomic E-state index is 13.6. The maximum absolute atomic E-state index is 13.6. The highest BCUT2D eigenvalue weighted by Gasteiger charge is 2.48. The van der Waals surface area contributed by atoms with E-state index in [-0.39, 0.29) is 24.1 Å². The fraction of sp³-hybridized carbons (Fsp3) is 0.250. The van der Waals surface area contributed by atoms with E-state index in [4.69, 9.17) is 4.74 Å². The Kier molecular flexibility index (Phi) is 5.49. The number of hydrogen-bond donors (Lipinski definition) is 2. The molecule has 0 radical (unpaired) electrons. The average molecular weight is 370 g/mol. The van der Waals surface area contributed by atoms with Crippen LogP contribution in [0.15, 0.2) is 48.5 Å². The summed E-state index contributed by atoms with van der Waals surface area (Å²) in [5.74, 6) is -2.55. The third-order valence-corrected chi connectivity index (χ3v) is 4.26. The molecule has 2 aromatic carbocycles. The lowest BCUT2D eigenvalue weighted by Crippen LogP contribution is -2.21. The first-order chi connectivity index (χ1) is 13.0. The van der Waals surface area contributed by atoms with Crippen molar-refractivity contribution >= 4 is 29.2 Å². The molecule has 140 valence electrons. The number of amides is 2. The predicted octanol–water partition coefficient (Wildman–Crippen LogP) is 3.22. The molecule has 0 aliphatic heterocycles. The summed E-state index contributed by atoms with van der Waals surface area (Å²) in [7, 11) is 0. The van der Waals surface area contributed by atoms with Gasteiger partial charge in [-0.3, -0.25) is 9.59 Å². The Bertz CT molecular complexity index is 867. The lowest BCUT2D eigenvalue weighted by atomic mass is 10.2. The molecule has 1 aliphatic rings. The van der Waals surface area contributed by atoms with Crippen molar-refractivity contribution < 1.29 is 23.5 Å². The van der Waals surface area contributed by atoms with Gasteiger partial charge >= 0.3 is 5.97 Å². The van der Waals surface area contributed by atoms with E-state index < -0.39 is 23.6 Å². The zero-order valence-electron chi connectivity index (χ0n) is 14.7. The van der Waals surface area contributed by atoms with E-state index in [0.717, 1.165) is 0 Å². The van der Waals surface area contributed by atoms with Gasteiger partial charge in [0.25, 0.3) is 0 Å². The molecule has 2 N–H and O–H groups in total. The Morgan fingerprint density at radius 1 is 1.00 bits per heavy atom. The van der Waals surface area contributed by atoms with Crippen molar-refractivity contribution in [1.29, 1.82) is 0 Å². The third kappa shape index (κ3) is 4.49. The minimum Gasteiger partial charge on any atom is -0.462 e. The normalized spacial score (nSPS) is 17.7. The predicted molar refractivity (Wildman–Crippen MR) is 97.7 cm³/mol. The van der Waals surface area contributed by atoms with Gasteiger partial charge in [0.05, 0.1) is 29.7 Å². The first-order valence-electron chi connectivity index (χ1n) is 8.63. The van der Waals surface area contributed by atoms with Crippen molar-refractivity contribution in [3.05, 3.63) is 59.9 Å². The Labute approximate surface area is 155 Å². The Balaban J connectivity index is 1.53. The van der Waals surface area contributed by atoms with Crippen LogP contribution in [0.5, 0.6) is 0 Å². The minimum atomic E-state index is -0.519. The Morgan fingerprint density at radius 2 is 1.63 bits per heavy atom. The Morgan fingerprint density at radius 3 is 2.26 bits per heavy atom. The molecule has 1 aliphatic carbocycles. The summed E-state index contributed by atoms with van der Waals surface area (Å²) in [6.07, 6.45) is 0.410. The number of anilines is 2. The molecule has 0 saturated heterocycles. The highest BCUT2D eigenvalue weighted by atomic mass is 19.1. The van der Waals surface area contributed by atoms with Crippen molar-refractivity contribution in [2.24, 2.45) is 11.8 Å². The average Bonchev–Trinajstić information content (AvgIpc) is 3.45. The number of carbonyl (C=O) groups excluding carboxylic acids is 3. The molecule has 0 spiro atoms. The first-order valence-corrected chi connectivity index (χ1v) is 8.63. The molecular formula is C20H19FN2O4. The van der Waals surface area contributed by atoms with Gasteiger partial charge in [-0.2, -0.15) is 0 Å². The van der Waals surface area contributed by atoms with E-state index in [1.165, 1.54) is 18.2 Å². The van der Waals surface area contributed by atoms with E-state index in [0.29, 0.717) is 17.7 Å². The third-order valence-electron chi connectivity index (χ3n) is 4.26. The van der Waals surface area contributed by atoms with Gasteiger partial charge in [-0.25, -0.2) is 9.18 Å². The van der Waals surface area contributed by atoms with E-state index in [1.54, 1.807) is 37.3 Å². The zero-order valence-corrected chi connectivity index (χ0v) is 14.7. The standard InChI is InChI=1S/C20H19FN2O4/c1-2-27-20(26)12-7-9-13(10-8-12)22-18(24)14-11-15(14)19(25)23-17-6-4-3-5-16(17)21/h3-10,14-15H,2,11H2,1H3,(H,22,24)(H,23,25). The van der Waals surface area contributed by atoms with Crippen molar-refractivity contribution in [2.75, 3.05) is 17.2 Å². The molecule has 6 nitrogen and oxygen atoms in total. The number of para-hydroxylation sites is 1. The number of ether oxygens (including phenoxy) is 1. The fourth-order valence-electron chi connectivity index (χ4n) is 2.70. The minimum absolute atomic E-state index is 0.100. The van der Waals surface area contributed by atoms with Crippen LogP contribution in [0.3, 0.4) is 0 Å². The topological polar surface area (TPSA) is 84.5 Å². The van der Waals surface area contributed by atoms with Crippen molar-refractivity contribution in [3.8, 4) is 0 Å². The van der Waals surface area contributed by atoms with Crippen LogP contribution in [-0.4, -0.2) is 24.4 Å². The van der Waals surface area contributed by atoms with Crippen LogP contribution < -0.4 is 10.6 Å². The van der Waals surface area contributed by atoms with E-state index in [2.05, 4.69) is 10.6 Å².